The van der Waals surface area contributed by atoms with Gasteiger partial charge in [0.2, 0.25) is 5.91 Å². The van der Waals surface area contributed by atoms with Gasteiger partial charge >= 0.3 is 0 Å². The number of benzene rings is 2. The third-order valence-electron chi connectivity index (χ3n) is 5.54. The summed E-state index contributed by atoms with van der Waals surface area (Å²) in [6.07, 6.45) is 3.16. The van der Waals surface area contributed by atoms with Crippen LogP contribution in [0.25, 0.3) is 11.3 Å². The Morgan fingerprint density at radius 1 is 1.10 bits per heavy atom. The monoisotopic (exact) mass is 404 g/mol. The lowest BCUT2D eigenvalue weighted by atomic mass is 9.95. The lowest BCUT2D eigenvalue weighted by Gasteiger charge is -2.32. The van der Waals surface area contributed by atoms with Gasteiger partial charge < -0.3 is 10.2 Å². The van der Waals surface area contributed by atoms with E-state index >= 15 is 0 Å². The second-order valence-electron chi connectivity index (χ2n) is 7.74. The number of nitrogens with zero attached hydrogens (tertiary/aromatic N) is 3. The highest BCUT2D eigenvalue weighted by atomic mass is 19.1. The number of carbonyl (C=O) groups excluding carboxylic acids is 1. The van der Waals surface area contributed by atoms with Crippen molar-refractivity contribution < 1.29 is 9.18 Å². The molecular weight excluding hydrogens is 379 g/mol. The van der Waals surface area contributed by atoms with Gasteiger partial charge in [0.15, 0.2) is 0 Å². The predicted octanol–water partition coefficient (Wildman–Crippen LogP) is 4.12. The number of rotatable bonds is 5. The standard InChI is InChI=1S/C24H25FN4O/c1-17-3-2-4-20(13-17)22-14-23(28-16-27-22)29-11-9-19(10-12-29)24(30)26-15-18-5-7-21(25)8-6-18/h2-8,13-14,16,19H,9-12,15H2,1H3,(H,26,30). The van der Waals surface area contributed by atoms with Gasteiger partial charge in [-0.3, -0.25) is 4.79 Å². The molecule has 0 spiro atoms. The van der Waals surface area contributed by atoms with Crippen molar-refractivity contribution in [3.8, 4) is 11.3 Å². The zero-order chi connectivity index (χ0) is 20.9. The predicted molar refractivity (Wildman–Crippen MR) is 115 cm³/mol. The van der Waals surface area contributed by atoms with E-state index in [1.165, 1.54) is 17.7 Å². The molecule has 6 heteroatoms. The first kappa shape index (κ1) is 20.0. The third-order valence-corrected chi connectivity index (χ3v) is 5.54. The summed E-state index contributed by atoms with van der Waals surface area (Å²) >= 11 is 0. The first-order valence-corrected chi connectivity index (χ1v) is 10.2. The maximum Gasteiger partial charge on any atom is 0.223 e. The van der Waals surface area contributed by atoms with Crippen LogP contribution >= 0.6 is 0 Å². The minimum atomic E-state index is -0.271. The van der Waals surface area contributed by atoms with Crippen LogP contribution in [0.5, 0.6) is 0 Å². The number of hydrogen-bond donors (Lipinski definition) is 1. The Bertz CT molecular complexity index is 1010. The fourth-order valence-corrected chi connectivity index (χ4v) is 3.79. The molecule has 1 aliphatic rings. The van der Waals surface area contributed by atoms with Crippen molar-refractivity contribution in [1.82, 2.24) is 15.3 Å². The van der Waals surface area contributed by atoms with Gasteiger partial charge in [-0.2, -0.15) is 0 Å². The van der Waals surface area contributed by atoms with Gasteiger partial charge in [0.1, 0.15) is 18.0 Å². The summed E-state index contributed by atoms with van der Waals surface area (Å²) in [6, 6.07) is 16.5. The van der Waals surface area contributed by atoms with E-state index in [9.17, 15) is 9.18 Å². The van der Waals surface area contributed by atoms with Crippen molar-refractivity contribution in [1.29, 1.82) is 0 Å². The minimum absolute atomic E-state index is 0.0141. The average molecular weight is 404 g/mol. The molecule has 1 fully saturated rings. The van der Waals surface area contributed by atoms with Gasteiger partial charge in [-0.1, -0.05) is 35.9 Å². The summed E-state index contributed by atoms with van der Waals surface area (Å²) in [7, 11) is 0. The molecule has 0 saturated carbocycles. The van der Waals surface area contributed by atoms with Crippen molar-refractivity contribution in [2.45, 2.75) is 26.3 Å². The van der Waals surface area contributed by atoms with Crippen LogP contribution in [-0.4, -0.2) is 29.0 Å². The van der Waals surface area contributed by atoms with Crippen LogP contribution in [0.3, 0.4) is 0 Å². The molecule has 0 bridgehead atoms. The molecule has 0 unspecified atom stereocenters. The molecule has 2 heterocycles. The van der Waals surface area contributed by atoms with E-state index in [1.807, 2.05) is 12.1 Å². The molecule has 30 heavy (non-hydrogen) atoms. The van der Waals surface area contributed by atoms with Crippen LogP contribution < -0.4 is 10.2 Å². The van der Waals surface area contributed by atoms with Crippen LogP contribution in [0.2, 0.25) is 0 Å². The van der Waals surface area contributed by atoms with Gasteiger partial charge in [0.25, 0.3) is 0 Å². The van der Waals surface area contributed by atoms with Crippen molar-refractivity contribution in [2.24, 2.45) is 5.92 Å². The number of nitrogens with one attached hydrogen (secondary N) is 1. The highest BCUT2D eigenvalue weighted by Crippen LogP contribution is 2.25. The summed E-state index contributed by atoms with van der Waals surface area (Å²) in [5, 5.41) is 2.97. The number of halogens is 1. The SMILES string of the molecule is Cc1cccc(-c2cc(N3CCC(C(=O)NCc4ccc(F)cc4)CC3)ncn2)c1. The Hall–Kier alpha value is -3.28. The van der Waals surface area contributed by atoms with Gasteiger partial charge in [-0.25, -0.2) is 14.4 Å². The maximum atomic E-state index is 13.0. The van der Waals surface area contributed by atoms with Crippen LogP contribution in [0.1, 0.15) is 24.0 Å². The molecule has 5 nitrogen and oxygen atoms in total. The van der Waals surface area contributed by atoms with Gasteiger partial charge in [-0.05, 0) is 43.5 Å². The van der Waals surface area contributed by atoms with Crippen LogP contribution in [0, 0.1) is 18.7 Å². The van der Waals surface area contributed by atoms with Gasteiger partial charge in [0.05, 0.1) is 5.69 Å². The molecule has 1 saturated heterocycles. The number of amides is 1. The lowest BCUT2D eigenvalue weighted by molar-refractivity contribution is -0.125. The average Bonchev–Trinajstić information content (AvgIpc) is 2.79. The summed E-state index contributed by atoms with van der Waals surface area (Å²) in [4.78, 5) is 23.6. The molecule has 1 aliphatic heterocycles. The minimum Gasteiger partial charge on any atom is -0.356 e. The molecule has 1 aromatic heterocycles. The highest BCUT2D eigenvalue weighted by Gasteiger charge is 2.25. The van der Waals surface area contributed by atoms with E-state index in [-0.39, 0.29) is 17.6 Å². The summed E-state index contributed by atoms with van der Waals surface area (Å²) < 4.78 is 13.0. The molecule has 4 rings (SSSR count). The van der Waals surface area contributed by atoms with Crippen LogP contribution in [0.4, 0.5) is 10.2 Å². The Morgan fingerprint density at radius 2 is 1.87 bits per heavy atom. The molecule has 2 aromatic carbocycles. The van der Waals surface area contributed by atoms with E-state index in [2.05, 4.69) is 45.3 Å². The number of aromatic nitrogens is 2. The Kier molecular flexibility index (Phi) is 6.02. The summed E-state index contributed by atoms with van der Waals surface area (Å²) in [6.45, 7) is 4.04. The smallest absolute Gasteiger partial charge is 0.223 e. The summed E-state index contributed by atoms with van der Waals surface area (Å²) in [5.74, 6) is 0.668. The second kappa shape index (κ2) is 9.03. The highest BCUT2D eigenvalue weighted by molar-refractivity contribution is 5.79. The van der Waals surface area contributed by atoms with E-state index in [1.54, 1.807) is 18.5 Å². The van der Waals surface area contributed by atoms with E-state index in [0.717, 1.165) is 48.6 Å². The number of carbonyl (C=O) groups is 1. The number of anilines is 1. The molecule has 3 aromatic rings. The molecule has 0 radical (unpaired) electrons. The molecule has 0 atom stereocenters. The molecule has 1 amide bonds. The molecule has 1 N–H and O–H groups in total. The number of hydrogen-bond acceptors (Lipinski definition) is 4. The first-order chi connectivity index (χ1) is 14.6. The fourth-order valence-electron chi connectivity index (χ4n) is 3.79. The van der Waals surface area contributed by atoms with E-state index < -0.39 is 0 Å². The van der Waals surface area contributed by atoms with Crippen LogP contribution in [0.15, 0.2) is 60.9 Å². The van der Waals surface area contributed by atoms with E-state index in [0.29, 0.717) is 6.54 Å². The lowest BCUT2D eigenvalue weighted by Crippen LogP contribution is -2.40. The van der Waals surface area contributed by atoms with Gasteiger partial charge in [0, 0.05) is 37.2 Å². The van der Waals surface area contributed by atoms with Crippen molar-refractivity contribution in [2.75, 3.05) is 18.0 Å². The largest absolute Gasteiger partial charge is 0.356 e. The molecule has 154 valence electrons. The zero-order valence-corrected chi connectivity index (χ0v) is 17.0. The zero-order valence-electron chi connectivity index (χ0n) is 17.0. The fraction of sp³-hybridized carbons (Fsp3) is 0.292. The Labute approximate surface area is 176 Å². The Morgan fingerprint density at radius 3 is 2.60 bits per heavy atom. The second-order valence-corrected chi connectivity index (χ2v) is 7.74. The third kappa shape index (κ3) is 4.82. The number of piperidine rings is 1. The molecule has 0 aliphatic carbocycles. The van der Waals surface area contributed by atoms with Crippen molar-refractivity contribution >= 4 is 11.7 Å². The van der Waals surface area contributed by atoms with Crippen LogP contribution in [-0.2, 0) is 11.3 Å². The first-order valence-electron chi connectivity index (χ1n) is 10.2. The summed E-state index contributed by atoms with van der Waals surface area (Å²) in [5.41, 5.74) is 4.07. The van der Waals surface area contributed by atoms with E-state index in [4.69, 9.17) is 0 Å². The number of aryl methyl sites for hydroxylation is 1. The normalized spacial score (nSPS) is 14.5. The van der Waals surface area contributed by atoms with Crippen molar-refractivity contribution in [3.63, 3.8) is 0 Å². The topological polar surface area (TPSA) is 58.1 Å². The van der Waals surface area contributed by atoms with Crippen molar-refractivity contribution in [3.05, 3.63) is 77.9 Å². The van der Waals surface area contributed by atoms with Gasteiger partial charge in [-0.15, -0.1) is 0 Å². The Balaban J connectivity index is 1.33. The quantitative estimate of drug-likeness (QED) is 0.695. The maximum absolute atomic E-state index is 13.0. The molecular formula is C24H25FN4O.